The molecule has 1 amide bonds. The first-order chi connectivity index (χ1) is 14.1. The van der Waals surface area contributed by atoms with E-state index in [-0.39, 0.29) is 17.7 Å². The number of nitrogens with two attached hydrogens (primary N) is 1. The van der Waals surface area contributed by atoms with Gasteiger partial charge in [-0.1, -0.05) is 42.5 Å². The second kappa shape index (κ2) is 8.45. The first-order valence-corrected chi connectivity index (χ1v) is 9.62. The van der Waals surface area contributed by atoms with Crippen LogP contribution in [0.2, 0.25) is 0 Å². The molecule has 0 unspecified atom stereocenters. The van der Waals surface area contributed by atoms with E-state index in [0.29, 0.717) is 31.6 Å². The highest BCUT2D eigenvalue weighted by atomic mass is 19.1. The minimum atomic E-state index is -0.741. The van der Waals surface area contributed by atoms with Gasteiger partial charge in [-0.25, -0.2) is 9.37 Å². The molecule has 2 aromatic carbocycles. The first-order valence-electron chi connectivity index (χ1n) is 9.62. The van der Waals surface area contributed by atoms with Crippen molar-refractivity contribution in [2.45, 2.75) is 31.5 Å². The molecule has 7 heteroatoms. The fraction of sp³-hybridized carbons (Fsp3) is 0.273. The second-order valence-electron chi connectivity index (χ2n) is 7.19. The summed E-state index contributed by atoms with van der Waals surface area (Å²) in [5.41, 5.74) is 8.68. The molecular formula is C22H23FN4O2. The van der Waals surface area contributed by atoms with E-state index < -0.39 is 11.9 Å². The lowest BCUT2D eigenvalue weighted by Gasteiger charge is -2.27. The fourth-order valence-electron chi connectivity index (χ4n) is 3.53. The highest BCUT2D eigenvalue weighted by molar-refractivity contribution is 5.82. The van der Waals surface area contributed by atoms with E-state index >= 15 is 0 Å². The van der Waals surface area contributed by atoms with Gasteiger partial charge >= 0.3 is 0 Å². The molecule has 3 aromatic rings. The van der Waals surface area contributed by atoms with Crippen molar-refractivity contribution in [3.8, 4) is 5.75 Å². The van der Waals surface area contributed by atoms with Crippen molar-refractivity contribution in [3.63, 3.8) is 0 Å². The molecule has 150 valence electrons. The lowest BCUT2D eigenvalue weighted by atomic mass is 9.99. The fourth-order valence-corrected chi connectivity index (χ4v) is 3.53. The molecule has 1 aliphatic rings. The van der Waals surface area contributed by atoms with Gasteiger partial charge < -0.3 is 20.4 Å². The molecule has 0 fully saturated rings. The van der Waals surface area contributed by atoms with Gasteiger partial charge in [0.05, 0.1) is 30.7 Å². The molecule has 0 saturated carbocycles. The smallest absolute Gasteiger partial charge is 0.237 e. The number of carbonyl (C=O) groups excluding carboxylic acids is 1. The number of nitrogens with one attached hydrogen (secondary N) is 1. The van der Waals surface area contributed by atoms with Gasteiger partial charge in [-0.2, -0.15) is 0 Å². The van der Waals surface area contributed by atoms with Crippen molar-refractivity contribution in [1.29, 1.82) is 0 Å². The van der Waals surface area contributed by atoms with Crippen LogP contribution < -0.4 is 15.8 Å². The van der Waals surface area contributed by atoms with Crippen molar-refractivity contribution in [2.75, 3.05) is 6.61 Å². The van der Waals surface area contributed by atoms with Gasteiger partial charge in [0.2, 0.25) is 5.91 Å². The van der Waals surface area contributed by atoms with Crippen LogP contribution in [0.1, 0.15) is 29.3 Å². The van der Waals surface area contributed by atoms with Gasteiger partial charge in [0.15, 0.2) is 11.6 Å². The Morgan fingerprint density at radius 3 is 2.93 bits per heavy atom. The molecule has 4 rings (SSSR count). The SMILES string of the molecule is N[C@@H](Cc1cn(Cc2ccccc2)cn1)C(=O)N[C@H]1CCOc2c(F)cccc21. The maximum atomic E-state index is 13.9. The molecule has 0 bridgehead atoms. The molecule has 2 atom stereocenters. The van der Waals surface area contributed by atoms with Crippen LogP contribution in [0.25, 0.3) is 0 Å². The van der Waals surface area contributed by atoms with Crippen LogP contribution in [0.4, 0.5) is 4.39 Å². The highest BCUT2D eigenvalue weighted by Crippen LogP contribution is 2.34. The molecule has 0 radical (unpaired) electrons. The number of ether oxygens (including phenoxy) is 1. The number of imidazole rings is 1. The van der Waals surface area contributed by atoms with Crippen LogP contribution in [-0.4, -0.2) is 28.1 Å². The predicted octanol–water partition coefficient (Wildman–Crippen LogP) is 2.58. The number of amides is 1. The zero-order valence-electron chi connectivity index (χ0n) is 15.9. The van der Waals surface area contributed by atoms with Gasteiger partial charge in [-0.3, -0.25) is 4.79 Å². The maximum Gasteiger partial charge on any atom is 0.237 e. The summed E-state index contributed by atoms with van der Waals surface area (Å²) in [6.45, 7) is 1.05. The average molecular weight is 394 g/mol. The number of hydrogen-bond acceptors (Lipinski definition) is 4. The van der Waals surface area contributed by atoms with E-state index in [2.05, 4.69) is 10.3 Å². The molecule has 29 heavy (non-hydrogen) atoms. The molecule has 0 aliphatic carbocycles. The Morgan fingerprint density at radius 1 is 1.28 bits per heavy atom. The number of nitrogens with zero attached hydrogens (tertiary/aromatic N) is 2. The quantitative estimate of drug-likeness (QED) is 0.673. The van der Waals surface area contributed by atoms with Crippen LogP contribution in [0.3, 0.4) is 0 Å². The first kappa shape index (κ1) is 19.1. The van der Waals surface area contributed by atoms with E-state index in [4.69, 9.17) is 10.5 Å². The minimum absolute atomic E-state index is 0.206. The zero-order chi connectivity index (χ0) is 20.2. The number of hydrogen-bond donors (Lipinski definition) is 2. The number of para-hydroxylation sites is 1. The Hall–Kier alpha value is -3.19. The summed E-state index contributed by atoms with van der Waals surface area (Å²) in [6.07, 6.45) is 4.54. The third-order valence-corrected chi connectivity index (χ3v) is 5.00. The summed E-state index contributed by atoms with van der Waals surface area (Å²) in [6, 6.07) is 13.7. The van der Waals surface area contributed by atoms with E-state index in [1.807, 2.05) is 41.1 Å². The van der Waals surface area contributed by atoms with E-state index in [9.17, 15) is 9.18 Å². The minimum Gasteiger partial charge on any atom is -0.490 e. The molecule has 1 aromatic heterocycles. The number of halogens is 1. The largest absolute Gasteiger partial charge is 0.490 e. The van der Waals surface area contributed by atoms with Crippen LogP contribution in [0.15, 0.2) is 61.1 Å². The Kier molecular flexibility index (Phi) is 5.57. The van der Waals surface area contributed by atoms with Gasteiger partial charge in [0.1, 0.15) is 0 Å². The molecule has 1 aliphatic heterocycles. The zero-order valence-corrected chi connectivity index (χ0v) is 15.9. The van der Waals surface area contributed by atoms with Crippen LogP contribution in [0.5, 0.6) is 5.75 Å². The van der Waals surface area contributed by atoms with E-state index in [0.717, 1.165) is 5.69 Å². The van der Waals surface area contributed by atoms with Gasteiger partial charge in [0, 0.05) is 31.1 Å². The molecule has 0 saturated heterocycles. The molecule has 3 N–H and O–H groups in total. The summed E-state index contributed by atoms with van der Waals surface area (Å²) in [7, 11) is 0. The highest BCUT2D eigenvalue weighted by Gasteiger charge is 2.27. The third kappa shape index (κ3) is 4.46. The Balaban J connectivity index is 1.37. The van der Waals surface area contributed by atoms with Crippen molar-refractivity contribution in [3.05, 3.63) is 83.7 Å². The molecule has 6 nitrogen and oxygen atoms in total. The summed E-state index contributed by atoms with van der Waals surface area (Å²) in [4.78, 5) is 17.0. The average Bonchev–Trinajstić information content (AvgIpc) is 3.16. The lowest BCUT2D eigenvalue weighted by molar-refractivity contribution is -0.123. The van der Waals surface area contributed by atoms with Gasteiger partial charge in [0.25, 0.3) is 0 Å². The van der Waals surface area contributed by atoms with E-state index in [1.165, 1.54) is 11.6 Å². The van der Waals surface area contributed by atoms with Crippen molar-refractivity contribution < 1.29 is 13.9 Å². The van der Waals surface area contributed by atoms with Gasteiger partial charge in [-0.15, -0.1) is 0 Å². The van der Waals surface area contributed by atoms with Crippen molar-refractivity contribution in [2.24, 2.45) is 5.73 Å². The monoisotopic (exact) mass is 394 g/mol. The summed E-state index contributed by atoms with van der Waals surface area (Å²) < 4.78 is 21.3. The Bertz CT molecular complexity index is 989. The van der Waals surface area contributed by atoms with Gasteiger partial charge in [-0.05, 0) is 11.6 Å². The van der Waals surface area contributed by atoms with Crippen molar-refractivity contribution >= 4 is 5.91 Å². The van der Waals surface area contributed by atoms with Crippen LogP contribution >= 0.6 is 0 Å². The normalized spacial score (nSPS) is 16.6. The number of carbonyl (C=O) groups is 1. The van der Waals surface area contributed by atoms with Crippen LogP contribution in [-0.2, 0) is 17.8 Å². The molecule has 2 heterocycles. The Morgan fingerprint density at radius 2 is 2.10 bits per heavy atom. The number of benzene rings is 2. The number of fused-ring (bicyclic) bond motifs is 1. The van der Waals surface area contributed by atoms with E-state index in [1.54, 1.807) is 18.5 Å². The lowest BCUT2D eigenvalue weighted by Crippen LogP contribution is -2.44. The molecular weight excluding hydrogens is 371 g/mol. The third-order valence-electron chi connectivity index (χ3n) is 5.00. The molecule has 0 spiro atoms. The summed E-state index contributed by atoms with van der Waals surface area (Å²) in [5, 5.41) is 2.92. The van der Waals surface area contributed by atoms with Crippen molar-refractivity contribution in [1.82, 2.24) is 14.9 Å². The Labute approximate surface area is 168 Å². The predicted molar refractivity (Wildman–Crippen MR) is 107 cm³/mol. The number of rotatable bonds is 6. The number of aromatic nitrogens is 2. The second-order valence-corrected chi connectivity index (χ2v) is 7.19. The summed E-state index contributed by atoms with van der Waals surface area (Å²) in [5.74, 6) is -0.503. The van der Waals surface area contributed by atoms with Crippen LogP contribution in [0, 0.1) is 5.82 Å². The summed E-state index contributed by atoms with van der Waals surface area (Å²) >= 11 is 0. The standard InChI is InChI=1S/C22H23FN4O2/c23-18-8-4-7-17-20(9-10-29-21(17)18)26-22(28)19(24)11-16-13-27(14-25-16)12-15-5-2-1-3-6-15/h1-8,13-14,19-20H,9-12,24H2,(H,26,28)/t19-,20-/m0/s1. The maximum absolute atomic E-state index is 13.9. The topological polar surface area (TPSA) is 82.2 Å².